The first kappa shape index (κ1) is 29.7. The first-order valence-corrected chi connectivity index (χ1v) is 13.9. The summed E-state index contributed by atoms with van der Waals surface area (Å²) >= 11 is 1.07. The van der Waals surface area contributed by atoms with Crippen molar-refractivity contribution in [3.63, 3.8) is 0 Å². The van der Waals surface area contributed by atoms with Gasteiger partial charge in [-0.1, -0.05) is 5.16 Å². The Balaban J connectivity index is 1.54. The van der Waals surface area contributed by atoms with Gasteiger partial charge in [0.1, 0.15) is 29.9 Å². The second kappa shape index (κ2) is 13.3. The maximum absolute atomic E-state index is 12.9. The molecule has 1 fully saturated rings. The number of benzene rings is 1. The zero-order chi connectivity index (χ0) is 28.6. The first-order chi connectivity index (χ1) is 18.5. The average molecular weight is 585 g/mol. The maximum Gasteiger partial charge on any atom is 0.292 e. The number of nitrogens with one attached hydrogen (secondary N) is 3. The van der Waals surface area contributed by atoms with Crippen LogP contribution in [0.25, 0.3) is 0 Å². The molecule has 1 saturated heterocycles. The molecule has 1 aliphatic rings. The number of hydroxylamine groups is 2. The molecule has 0 bridgehead atoms. The van der Waals surface area contributed by atoms with Gasteiger partial charge in [-0.25, -0.2) is 10.0 Å². The molecule has 16 nitrogen and oxygen atoms in total. The third kappa shape index (κ3) is 8.32. The van der Waals surface area contributed by atoms with E-state index < -0.39 is 40.0 Å². The number of nitrogens with two attached hydrogens (primary N) is 2. The number of hydrogen-bond acceptors (Lipinski definition) is 13. The van der Waals surface area contributed by atoms with E-state index in [4.69, 9.17) is 35.8 Å². The van der Waals surface area contributed by atoms with Crippen molar-refractivity contribution in [2.45, 2.75) is 19.0 Å². The second-order valence-electron chi connectivity index (χ2n) is 7.99. The van der Waals surface area contributed by atoms with E-state index in [-0.39, 0.29) is 35.6 Å². The molecule has 0 spiro atoms. The Morgan fingerprint density at radius 2 is 2.03 bits per heavy atom. The standard InChI is InChI=1S/C21H28N8O8S2/c1-12-16(20(31)29(12)37-11-39(32,33)34)27-19(30)17(15-10-38-21(24)26-15)28-36-9-8-35-14-4-2-13(3-5-14)18(23)25-7-6-22/h2-5,10,12,16H,6-9,11,22H2,1H3,(H2,23,25)(H2,24,26)(H,27,30)(H,32,33,34)/b28-17-/t12-,16-/m0/s1. The minimum atomic E-state index is -4.45. The Bertz CT molecular complexity index is 1320. The molecule has 3 rings (SSSR count). The Hall–Kier alpha value is -3.84. The normalized spacial score (nSPS) is 17.4. The van der Waals surface area contributed by atoms with Crippen LogP contribution in [0.5, 0.6) is 5.75 Å². The molecule has 2 atom stereocenters. The molecule has 212 valence electrons. The lowest BCUT2D eigenvalue weighted by Crippen LogP contribution is -2.70. The van der Waals surface area contributed by atoms with E-state index in [0.29, 0.717) is 24.4 Å². The molecule has 1 aromatic carbocycles. The summed E-state index contributed by atoms with van der Waals surface area (Å²) in [6.45, 7) is 2.45. The summed E-state index contributed by atoms with van der Waals surface area (Å²) in [4.78, 5) is 39.2. The van der Waals surface area contributed by atoms with Crippen LogP contribution in [0, 0.1) is 5.41 Å². The van der Waals surface area contributed by atoms with Crippen molar-refractivity contribution in [2.75, 3.05) is 38.0 Å². The Morgan fingerprint density at radius 1 is 1.31 bits per heavy atom. The number of nitrogens with zero attached hydrogens (tertiary/aromatic N) is 3. The van der Waals surface area contributed by atoms with Crippen LogP contribution < -0.4 is 26.8 Å². The number of rotatable bonds is 14. The van der Waals surface area contributed by atoms with Gasteiger partial charge in [0.15, 0.2) is 17.5 Å². The molecule has 2 aromatic rings. The number of amidine groups is 1. The van der Waals surface area contributed by atoms with Crippen molar-refractivity contribution >= 4 is 49.9 Å². The molecule has 2 amide bonds. The number of nitrogen functional groups attached to an aromatic ring is 1. The number of carbonyl (C=O) groups excluding carboxylic acids is 2. The largest absolute Gasteiger partial charge is 0.490 e. The van der Waals surface area contributed by atoms with E-state index in [1.165, 1.54) is 12.3 Å². The lowest BCUT2D eigenvalue weighted by Gasteiger charge is -2.43. The maximum atomic E-state index is 12.9. The lowest BCUT2D eigenvalue weighted by atomic mass is 10.00. The van der Waals surface area contributed by atoms with Crippen LogP contribution in [0.15, 0.2) is 34.8 Å². The predicted molar refractivity (Wildman–Crippen MR) is 141 cm³/mol. The number of ether oxygens (including phenoxy) is 1. The highest BCUT2D eigenvalue weighted by atomic mass is 32.2. The number of carbonyl (C=O) groups is 2. The molecule has 18 heteroatoms. The van der Waals surface area contributed by atoms with Gasteiger partial charge in [0, 0.05) is 24.0 Å². The number of oxime groups is 1. The highest BCUT2D eigenvalue weighted by Crippen LogP contribution is 2.21. The molecule has 39 heavy (non-hydrogen) atoms. The summed E-state index contributed by atoms with van der Waals surface area (Å²) in [7, 11) is -4.45. The minimum Gasteiger partial charge on any atom is -0.490 e. The van der Waals surface area contributed by atoms with Gasteiger partial charge < -0.3 is 31.7 Å². The van der Waals surface area contributed by atoms with Crippen molar-refractivity contribution in [1.29, 1.82) is 5.41 Å². The van der Waals surface area contributed by atoms with Crippen LogP contribution in [0.1, 0.15) is 18.2 Å². The summed E-state index contributed by atoms with van der Waals surface area (Å²) in [6.07, 6.45) is 0. The van der Waals surface area contributed by atoms with E-state index in [1.54, 1.807) is 24.3 Å². The van der Waals surface area contributed by atoms with E-state index in [1.807, 2.05) is 0 Å². The molecule has 0 radical (unpaired) electrons. The van der Waals surface area contributed by atoms with E-state index in [2.05, 4.69) is 20.8 Å². The third-order valence-corrected chi connectivity index (χ3v) is 6.21. The van der Waals surface area contributed by atoms with Gasteiger partial charge in [-0.3, -0.25) is 24.4 Å². The number of thiazole rings is 1. The summed E-state index contributed by atoms with van der Waals surface area (Å²) in [5, 5.41) is 19.5. The fourth-order valence-corrected chi connectivity index (χ4v) is 4.01. The third-order valence-electron chi connectivity index (χ3n) is 5.13. The quantitative estimate of drug-likeness (QED) is 0.0386. The molecular formula is C21H28N8O8S2. The fraction of sp³-hybridized carbons (Fsp3) is 0.381. The van der Waals surface area contributed by atoms with E-state index in [0.717, 1.165) is 16.4 Å². The van der Waals surface area contributed by atoms with Gasteiger partial charge in [-0.05, 0) is 31.2 Å². The van der Waals surface area contributed by atoms with Crippen molar-refractivity contribution in [1.82, 2.24) is 20.7 Å². The highest BCUT2D eigenvalue weighted by Gasteiger charge is 2.47. The molecule has 8 N–H and O–H groups in total. The fourth-order valence-electron chi connectivity index (χ4n) is 3.22. The van der Waals surface area contributed by atoms with Gasteiger partial charge in [0.2, 0.25) is 5.94 Å². The topological polar surface area (TPSA) is 245 Å². The van der Waals surface area contributed by atoms with E-state index in [9.17, 15) is 18.0 Å². The molecule has 1 aromatic heterocycles. The smallest absolute Gasteiger partial charge is 0.292 e. The number of amides is 2. The zero-order valence-corrected chi connectivity index (χ0v) is 22.3. The van der Waals surface area contributed by atoms with Gasteiger partial charge in [0.25, 0.3) is 21.9 Å². The van der Waals surface area contributed by atoms with Crippen LogP contribution in [0.2, 0.25) is 0 Å². The van der Waals surface area contributed by atoms with Gasteiger partial charge >= 0.3 is 0 Å². The number of aromatic nitrogens is 1. The molecule has 0 saturated carbocycles. The van der Waals surface area contributed by atoms with Crippen molar-refractivity contribution in [3.05, 3.63) is 40.9 Å². The summed E-state index contributed by atoms with van der Waals surface area (Å²) in [6, 6.07) is 5.03. The average Bonchev–Trinajstić information content (AvgIpc) is 3.33. The molecule has 2 heterocycles. The van der Waals surface area contributed by atoms with E-state index >= 15 is 0 Å². The van der Waals surface area contributed by atoms with Crippen molar-refractivity contribution in [3.8, 4) is 5.75 Å². The Morgan fingerprint density at radius 3 is 2.62 bits per heavy atom. The summed E-state index contributed by atoms with van der Waals surface area (Å²) in [5.74, 6) is -1.84. The Labute approximate surface area is 227 Å². The summed E-state index contributed by atoms with van der Waals surface area (Å²) in [5.41, 5.74) is 11.6. The zero-order valence-electron chi connectivity index (χ0n) is 20.7. The molecule has 0 unspecified atom stereocenters. The van der Waals surface area contributed by atoms with Crippen LogP contribution in [-0.4, -0.2) is 90.7 Å². The predicted octanol–water partition coefficient (Wildman–Crippen LogP) is -1.11. The number of hydrogen-bond donors (Lipinski definition) is 6. The van der Waals surface area contributed by atoms with Crippen molar-refractivity contribution < 1.29 is 37.0 Å². The van der Waals surface area contributed by atoms with Gasteiger partial charge in [-0.15, -0.1) is 11.3 Å². The minimum absolute atomic E-state index is 0.0396. The van der Waals surface area contributed by atoms with Crippen LogP contribution in [0.3, 0.4) is 0 Å². The van der Waals surface area contributed by atoms with Gasteiger partial charge in [0.05, 0.1) is 6.04 Å². The SMILES string of the molecule is C[C@H]1[C@H](NC(=O)/C(=N\OCCOc2ccc(C(=N)NCCN)cc2)c2csc(N)n2)C(=O)N1OCS(=O)(=O)O. The van der Waals surface area contributed by atoms with Crippen LogP contribution in [0.4, 0.5) is 5.13 Å². The molecular weight excluding hydrogens is 556 g/mol. The van der Waals surface area contributed by atoms with Gasteiger partial charge in [-0.2, -0.15) is 8.42 Å². The summed E-state index contributed by atoms with van der Waals surface area (Å²) < 4.78 is 36.1. The van der Waals surface area contributed by atoms with Crippen LogP contribution >= 0.6 is 11.3 Å². The van der Waals surface area contributed by atoms with Crippen molar-refractivity contribution in [2.24, 2.45) is 10.9 Å². The highest BCUT2D eigenvalue weighted by molar-refractivity contribution is 7.85. The molecule has 1 aliphatic heterocycles. The lowest BCUT2D eigenvalue weighted by molar-refractivity contribution is -0.224. The monoisotopic (exact) mass is 584 g/mol. The van der Waals surface area contributed by atoms with Crippen LogP contribution in [-0.2, 0) is 29.4 Å². The Kier molecular flexibility index (Phi) is 10.1. The number of anilines is 1. The second-order valence-corrected chi connectivity index (χ2v) is 10.3. The number of β-lactam (4-membered cyclic amide) rings is 1. The molecule has 0 aliphatic carbocycles. The first-order valence-electron chi connectivity index (χ1n) is 11.4.